The molecule has 2 N–H and O–H groups in total. The Kier molecular flexibility index (Phi) is 4.97. The molecule has 0 aromatic heterocycles. The zero-order valence-electron chi connectivity index (χ0n) is 11.6. The van der Waals surface area contributed by atoms with Gasteiger partial charge >= 0.3 is 0 Å². The van der Waals surface area contributed by atoms with E-state index in [1.54, 1.807) is 0 Å². The van der Waals surface area contributed by atoms with Crippen molar-refractivity contribution in [2.75, 3.05) is 0 Å². The molecule has 0 unspecified atom stereocenters. The van der Waals surface area contributed by atoms with Crippen molar-refractivity contribution in [2.24, 2.45) is 5.92 Å². The van der Waals surface area contributed by atoms with Crippen LogP contribution in [0.1, 0.15) is 43.7 Å². The molecular formula is C16H23NO2. The predicted molar refractivity (Wildman–Crippen MR) is 75.6 cm³/mol. The third kappa shape index (κ3) is 4.06. The Hall–Kier alpha value is -1.35. The van der Waals surface area contributed by atoms with Crippen LogP contribution in [0.5, 0.6) is 0 Å². The Bertz CT molecular complexity index is 405. The van der Waals surface area contributed by atoms with Crippen LogP contribution >= 0.6 is 0 Å². The summed E-state index contributed by atoms with van der Waals surface area (Å²) in [6.07, 6.45) is 3.96. The van der Waals surface area contributed by atoms with Gasteiger partial charge in [-0.05, 0) is 43.2 Å². The quantitative estimate of drug-likeness (QED) is 0.874. The van der Waals surface area contributed by atoms with Crippen molar-refractivity contribution in [3.8, 4) is 0 Å². The fourth-order valence-corrected chi connectivity index (χ4v) is 2.56. The standard InChI is InChI=1S/C16H23NO2/c1-2-12-3-5-13(6-4-12)11-17-16(19)14-7-9-15(18)10-8-14/h3-6,14-15,18H,2,7-11H2,1H3,(H,17,19). The van der Waals surface area contributed by atoms with Crippen molar-refractivity contribution in [2.45, 2.75) is 51.7 Å². The van der Waals surface area contributed by atoms with Crippen LogP contribution in [0, 0.1) is 5.92 Å². The van der Waals surface area contributed by atoms with Crippen molar-refractivity contribution in [3.63, 3.8) is 0 Å². The van der Waals surface area contributed by atoms with E-state index in [-0.39, 0.29) is 17.9 Å². The SMILES string of the molecule is CCc1ccc(CNC(=O)C2CCC(O)CC2)cc1. The van der Waals surface area contributed by atoms with E-state index in [0.717, 1.165) is 37.7 Å². The first kappa shape index (κ1) is 14.1. The summed E-state index contributed by atoms with van der Waals surface area (Å²) in [5.74, 6) is 0.213. The molecule has 1 aromatic carbocycles. The summed E-state index contributed by atoms with van der Waals surface area (Å²) in [7, 11) is 0. The molecular weight excluding hydrogens is 238 g/mol. The van der Waals surface area contributed by atoms with Crippen LogP contribution in [0.4, 0.5) is 0 Å². The number of carbonyl (C=O) groups excluding carboxylic acids is 1. The van der Waals surface area contributed by atoms with Gasteiger partial charge in [0.25, 0.3) is 0 Å². The summed E-state index contributed by atoms with van der Waals surface area (Å²) >= 11 is 0. The van der Waals surface area contributed by atoms with E-state index in [2.05, 4.69) is 36.5 Å². The number of hydrogen-bond acceptors (Lipinski definition) is 2. The number of hydrogen-bond donors (Lipinski definition) is 2. The van der Waals surface area contributed by atoms with Gasteiger partial charge in [0.15, 0.2) is 0 Å². The molecule has 1 amide bonds. The molecule has 3 heteroatoms. The average molecular weight is 261 g/mol. The number of rotatable bonds is 4. The largest absolute Gasteiger partial charge is 0.393 e. The topological polar surface area (TPSA) is 49.3 Å². The Morgan fingerprint density at radius 1 is 1.16 bits per heavy atom. The fraction of sp³-hybridized carbons (Fsp3) is 0.562. The van der Waals surface area contributed by atoms with E-state index in [0.29, 0.717) is 6.54 Å². The molecule has 0 spiro atoms. The molecule has 0 bridgehead atoms. The Morgan fingerprint density at radius 3 is 2.32 bits per heavy atom. The second kappa shape index (κ2) is 6.71. The first-order valence-electron chi connectivity index (χ1n) is 7.22. The molecule has 1 fully saturated rings. The van der Waals surface area contributed by atoms with Crippen molar-refractivity contribution in [1.29, 1.82) is 0 Å². The van der Waals surface area contributed by atoms with Gasteiger partial charge in [0.1, 0.15) is 0 Å². The highest BCUT2D eigenvalue weighted by Gasteiger charge is 2.24. The van der Waals surface area contributed by atoms with Gasteiger partial charge in [-0.3, -0.25) is 4.79 Å². The normalized spacial score (nSPS) is 23.1. The summed E-state index contributed by atoms with van der Waals surface area (Å²) in [6.45, 7) is 2.73. The van der Waals surface area contributed by atoms with E-state index >= 15 is 0 Å². The van der Waals surface area contributed by atoms with Crippen molar-refractivity contribution < 1.29 is 9.90 Å². The first-order chi connectivity index (χ1) is 9.19. The fourth-order valence-electron chi connectivity index (χ4n) is 2.56. The lowest BCUT2D eigenvalue weighted by Crippen LogP contribution is -2.33. The molecule has 1 saturated carbocycles. The minimum Gasteiger partial charge on any atom is -0.393 e. The van der Waals surface area contributed by atoms with Crippen molar-refractivity contribution in [1.82, 2.24) is 5.32 Å². The lowest BCUT2D eigenvalue weighted by molar-refractivity contribution is -0.126. The van der Waals surface area contributed by atoms with Gasteiger partial charge in [0, 0.05) is 12.5 Å². The second-order valence-corrected chi connectivity index (χ2v) is 5.39. The summed E-state index contributed by atoms with van der Waals surface area (Å²) in [6, 6.07) is 8.37. The van der Waals surface area contributed by atoms with Gasteiger partial charge in [-0.2, -0.15) is 0 Å². The number of aliphatic hydroxyl groups excluding tert-OH is 1. The van der Waals surface area contributed by atoms with E-state index in [4.69, 9.17) is 0 Å². The van der Waals surface area contributed by atoms with Gasteiger partial charge in [-0.25, -0.2) is 0 Å². The lowest BCUT2D eigenvalue weighted by atomic mass is 9.87. The average Bonchev–Trinajstić information content (AvgIpc) is 2.46. The van der Waals surface area contributed by atoms with Gasteiger partial charge in [-0.15, -0.1) is 0 Å². The molecule has 19 heavy (non-hydrogen) atoms. The zero-order valence-corrected chi connectivity index (χ0v) is 11.6. The highest BCUT2D eigenvalue weighted by Crippen LogP contribution is 2.24. The van der Waals surface area contributed by atoms with Crippen LogP contribution in [-0.4, -0.2) is 17.1 Å². The van der Waals surface area contributed by atoms with Gasteiger partial charge < -0.3 is 10.4 Å². The zero-order chi connectivity index (χ0) is 13.7. The first-order valence-corrected chi connectivity index (χ1v) is 7.22. The molecule has 3 nitrogen and oxygen atoms in total. The lowest BCUT2D eigenvalue weighted by Gasteiger charge is -2.24. The summed E-state index contributed by atoms with van der Waals surface area (Å²) in [4.78, 5) is 12.0. The van der Waals surface area contributed by atoms with Crippen LogP contribution in [0.3, 0.4) is 0 Å². The predicted octanol–water partition coefficient (Wildman–Crippen LogP) is 2.42. The van der Waals surface area contributed by atoms with Crippen LogP contribution in [0.25, 0.3) is 0 Å². The van der Waals surface area contributed by atoms with E-state index in [1.807, 2.05) is 0 Å². The van der Waals surface area contributed by atoms with E-state index in [1.165, 1.54) is 5.56 Å². The number of carbonyl (C=O) groups is 1. The monoisotopic (exact) mass is 261 g/mol. The van der Waals surface area contributed by atoms with Crippen LogP contribution in [0.2, 0.25) is 0 Å². The third-order valence-corrected chi connectivity index (χ3v) is 3.97. The number of benzene rings is 1. The molecule has 1 aliphatic rings. The molecule has 0 saturated heterocycles. The number of nitrogens with one attached hydrogen (secondary N) is 1. The van der Waals surface area contributed by atoms with Gasteiger partial charge in [-0.1, -0.05) is 31.2 Å². The molecule has 0 heterocycles. The maximum Gasteiger partial charge on any atom is 0.223 e. The second-order valence-electron chi connectivity index (χ2n) is 5.39. The highest BCUT2D eigenvalue weighted by atomic mass is 16.3. The van der Waals surface area contributed by atoms with Crippen molar-refractivity contribution in [3.05, 3.63) is 35.4 Å². The summed E-state index contributed by atoms with van der Waals surface area (Å²) in [5, 5.41) is 12.4. The number of aliphatic hydroxyl groups is 1. The van der Waals surface area contributed by atoms with Crippen LogP contribution < -0.4 is 5.32 Å². The molecule has 1 aromatic rings. The molecule has 104 valence electrons. The summed E-state index contributed by atoms with van der Waals surface area (Å²) in [5.41, 5.74) is 2.46. The smallest absolute Gasteiger partial charge is 0.223 e. The number of aryl methyl sites for hydroxylation is 1. The minimum absolute atomic E-state index is 0.0818. The Labute approximate surface area is 115 Å². The van der Waals surface area contributed by atoms with Crippen LogP contribution in [-0.2, 0) is 17.8 Å². The Balaban J connectivity index is 1.79. The molecule has 2 rings (SSSR count). The van der Waals surface area contributed by atoms with Crippen molar-refractivity contribution >= 4 is 5.91 Å². The van der Waals surface area contributed by atoms with Gasteiger partial charge in [0.05, 0.1) is 6.10 Å². The number of amides is 1. The highest BCUT2D eigenvalue weighted by molar-refractivity contribution is 5.78. The minimum atomic E-state index is -0.203. The van der Waals surface area contributed by atoms with Gasteiger partial charge in [0.2, 0.25) is 5.91 Å². The van der Waals surface area contributed by atoms with E-state index < -0.39 is 0 Å². The molecule has 0 radical (unpaired) electrons. The van der Waals surface area contributed by atoms with E-state index in [9.17, 15) is 9.90 Å². The maximum atomic E-state index is 12.0. The summed E-state index contributed by atoms with van der Waals surface area (Å²) < 4.78 is 0. The Morgan fingerprint density at radius 2 is 1.74 bits per heavy atom. The molecule has 1 aliphatic carbocycles. The van der Waals surface area contributed by atoms with Crippen LogP contribution in [0.15, 0.2) is 24.3 Å². The molecule has 0 atom stereocenters. The third-order valence-electron chi connectivity index (χ3n) is 3.97. The maximum absolute atomic E-state index is 12.0. The molecule has 0 aliphatic heterocycles.